The first-order valence-electron chi connectivity index (χ1n) is 4.56. The van der Waals surface area contributed by atoms with Crippen LogP contribution in [0.1, 0.15) is 34.1 Å². The van der Waals surface area contributed by atoms with Crippen LogP contribution in [-0.2, 0) is 9.53 Å². The van der Waals surface area contributed by atoms with Gasteiger partial charge in [-0.2, -0.15) is 5.26 Å². The summed E-state index contributed by atoms with van der Waals surface area (Å²) in [6, 6.07) is 1.99. The lowest BCUT2D eigenvalue weighted by molar-refractivity contribution is -0.161. The molecule has 80 valence electrons. The highest BCUT2D eigenvalue weighted by molar-refractivity contribution is 5.72. The van der Waals surface area contributed by atoms with Gasteiger partial charge < -0.3 is 9.84 Å². The standard InChI is InChI=1S/C10H17NO3/c1-7(6-11)5-8(9(12)13)14-10(2,3)4/h7-8H,5H2,1-4H3,(H,12,13). The van der Waals surface area contributed by atoms with Crippen molar-refractivity contribution in [1.29, 1.82) is 5.26 Å². The normalized spacial score (nSPS) is 15.6. The summed E-state index contributed by atoms with van der Waals surface area (Å²) in [5.74, 6) is -1.32. The largest absolute Gasteiger partial charge is 0.479 e. The van der Waals surface area contributed by atoms with Crippen LogP contribution >= 0.6 is 0 Å². The predicted molar refractivity (Wildman–Crippen MR) is 51.7 cm³/mol. The fraction of sp³-hybridized carbons (Fsp3) is 0.800. The Morgan fingerprint density at radius 3 is 2.36 bits per heavy atom. The van der Waals surface area contributed by atoms with Gasteiger partial charge in [0.05, 0.1) is 11.7 Å². The summed E-state index contributed by atoms with van der Waals surface area (Å²) in [6.45, 7) is 7.06. The molecule has 1 N–H and O–H groups in total. The fourth-order valence-electron chi connectivity index (χ4n) is 1.000. The molecule has 0 aliphatic rings. The predicted octanol–water partition coefficient (Wildman–Crippen LogP) is 1.80. The Labute approximate surface area is 84.5 Å². The van der Waals surface area contributed by atoms with Crippen LogP contribution in [-0.4, -0.2) is 22.8 Å². The fourth-order valence-corrected chi connectivity index (χ4v) is 1.000. The molecule has 4 nitrogen and oxygen atoms in total. The average molecular weight is 199 g/mol. The van der Waals surface area contributed by atoms with E-state index in [1.54, 1.807) is 27.7 Å². The average Bonchev–Trinajstić information content (AvgIpc) is 2.00. The van der Waals surface area contributed by atoms with Crippen LogP contribution in [0.3, 0.4) is 0 Å². The summed E-state index contributed by atoms with van der Waals surface area (Å²) in [5, 5.41) is 17.4. The molecule has 0 aliphatic heterocycles. The molecule has 0 saturated heterocycles. The molecule has 0 bridgehead atoms. The summed E-state index contributed by atoms with van der Waals surface area (Å²) in [4.78, 5) is 10.8. The molecule has 0 aromatic rings. The van der Waals surface area contributed by atoms with E-state index in [0.29, 0.717) is 0 Å². The van der Waals surface area contributed by atoms with E-state index in [2.05, 4.69) is 0 Å². The SMILES string of the molecule is CC(C#N)CC(OC(C)(C)C)C(=O)O. The number of ether oxygens (including phenoxy) is 1. The second kappa shape index (κ2) is 4.97. The van der Waals surface area contributed by atoms with Crippen molar-refractivity contribution in [1.82, 2.24) is 0 Å². The zero-order valence-electron chi connectivity index (χ0n) is 9.07. The highest BCUT2D eigenvalue weighted by Crippen LogP contribution is 2.16. The van der Waals surface area contributed by atoms with E-state index in [1.165, 1.54) is 0 Å². The second-order valence-corrected chi connectivity index (χ2v) is 4.32. The number of carboxylic acid groups (broad SMARTS) is 1. The number of nitrogens with zero attached hydrogens (tertiary/aromatic N) is 1. The molecule has 0 amide bonds. The van der Waals surface area contributed by atoms with E-state index in [1.807, 2.05) is 6.07 Å². The molecule has 0 aromatic carbocycles. The summed E-state index contributed by atoms with van der Waals surface area (Å²) >= 11 is 0. The van der Waals surface area contributed by atoms with Crippen molar-refractivity contribution in [2.75, 3.05) is 0 Å². The molecule has 0 radical (unpaired) electrons. The van der Waals surface area contributed by atoms with Gasteiger partial charge >= 0.3 is 5.97 Å². The number of carboxylic acids is 1. The van der Waals surface area contributed by atoms with Crippen molar-refractivity contribution in [3.05, 3.63) is 0 Å². The number of carbonyl (C=O) groups is 1. The maximum absolute atomic E-state index is 10.8. The van der Waals surface area contributed by atoms with Crippen molar-refractivity contribution >= 4 is 5.97 Å². The molecule has 14 heavy (non-hydrogen) atoms. The zero-order valence-corrected chi connectivity index (χ0v) is 9.07. The Morgan fingerprint density at radius 1 is 1.57 bits per heavy atom. The van der Waals surface area contributed by atoms with Crippen LogP contribution in [0.2, 0.25) is 0 Å². The smallest absolute Gasteiger partial charge is 0.332 e. The van der Waals surface area contributed by atoms with E-state index in [-0.39, 0.29) is 12.3 Å². The van der Waals surface area contributed by atoms with E-state index in [9.17, 15) is 4.79 Å². The van der Waals surface area contributed by atoms with Gasteiger partial charge in [0.2, 0.25) is 0 Å². The van der Waals surface area contributed by atoms with Gasteiger partial charge in [-0.15, -0.1) is 0 Å². The molecule has 0 spiro atoms. The third-order valence-electron chi connectivity index (χ3n) is 1.56. The first-order chi connectivity index (χ1) is 6.26. The first-order valence-corrected chi connectivity index (χ1v) is 4.56. The molecule has 0 fully saturated rings. The van der Waals surface area contributed by atoms with Gasteiger partial charge in [0.1, 0.15) is 0 Å². The molecule has 0 aromatic heterocycles. The maximum Gasteiger partial charge on any atom is 0.332 e. The minimum atomic E-state index is -1.01. The maximum atomic E-state index is 10.8. The van der Waals surface area contributed by atoms with Gasteiger partial charge in [0.25, 0.3) is 0 Å². The molecule has 0 rings (SSSR count). The van der Waals surface area contributed by atoms with Gasteiger partial charge in [-0.3, -0.25) is 0 Å². The summed E-state index contributed by atoms with van der Waals surface area (Å²) in [7, 11) is 0. The first kappa shape index (κ1) is 12.9. The van der Waals surface area contributed by atoms with E-state index >= 15 is 0 Å². The van der Waals surface area contributed by atoms with Gasteiger partial charge in [-0.05, 0) is 34.1 Å². The van der Waals surface area contributed by atoms with Crippen LogP contribution in [0.15, 0.2) is 0 Å². The molecule has 0 aliphatic carbocycles. The minimum absolute atomic E-state index is 0.225. The lowest BCUT2D eigenvalue weighted by Crippen LogP contribution is -2.34. The molecule has 4 heteroatoms. The highest BCUT2D eigenvalue weighted by Gasteiger charge is 2.26. The molecular formula is C10H17NO3. The summed E-state index contributed by atoms with van der Waals surface area (Å²) < 4.78 is 5.32. The Kier molecular flexibility index (Phi) is 4.58. The molecule has 2 atom stereocenters. The van der Waals surface area contributed by atoms with Crippen LogP contribution in [0, 0.1) is 17.2 Å². The lowest BCUT2D eigenvalue weighted by atomic mass is 10.0. The van der Waals surface area contributed by atoms with Gasteiger partial charge in [-0.1, -0.05) is 0 Å². The van der Waals surface area contributed by atoms with Crippen molar-refractivity contribution in [3.8, 4) is 6.07 Å². The molecule has 2 unspecified atom stereocenters. The number of aliphatic carboxylic acids is 1. The molecule has 0 heterocycles. The zero-order chi connectivity index (χ0) is 11.4. The monoisotopic (exact) mass is 199 g/mol. The third kappa shape index (κ3) is 5.55. The second-order valence-electron chi connectivity index (χ2n) is 4.32. The quantitative estimate of drug-likeness (QED) is 0.749. The van der Waals surface area contributed by atoms with Crippen LogP contribution in [0.25, 0.3) is 0 Å². The molecular weight excluding hydrogens is 182 g/mol. The lowest BCUT2D eigenvalue weighted by Gasteiger charge is -2.25. The van der Waals surface area contributed by atoms with Crippen LogP contribution in [0.5, 0.6) is 0 Å². The summed E-state index contributed by atoms with van der Waals surface area (Å²) in [5.41, 5.74) is -0.502. The van der Waals surface area contributed by atoms with Crippen molar-refractivity contribution in [2.45, 2.75) is 45.8 Å². The van der Waals surface area contributed by atoms with Crippen molar-refractivity contribution < 1.29 is 14.6 Å². The van der Waals surface area contributed by atoms with Gasteiger partial charge in [-0.25, -0.2) is 4.79 Å². The van der Waals surface area contributed by atoms with Gasteiger partial charge in [0, 0.05) is 5.92 Å². The highest BCUT2D eigenvalue weighted by atomic mass is 16.5. The third-order valence-corrected chi connectivity index (χ3v) is 1.56. The van der Waals surface area contributed by atoms with Gasteiger partial charge in [0.15, 0.2) is 6.10 Å². The Hall–Kier alpha value is -1.08. The van der Waals surface area contributed by atoms with Crippen LogP contribution < -0.4 is 0 Å². The topological polar surface area (TPSA) is 70.3 Å². The number of hydrogen-bond donors (Lipinski definition) is 1. The van der Waals surface area contributed by atoms with Crippen molar-refractivity contribution in [2.24, 2.45) is 5.92 Å². The van der Waals surface area contributed by atoms with E-state index in [4.69, 9.17) is 15.1 Å². The van der Waals surface area contributed by atoms with E-state index < -0.39 is 17.7 Å². The van der Waals surface area contributed by atoms with E-state index in [0.717, 1.165) is 0 Å². The minimum Gasteiger partial charge on any atom is -0.479 e. The Morgan fingerprint density at radius 2 is 2.07 bits per heavy atom. The van der Waals surface area contributed by atoms with Crippen LogP contribution in [0.4, 0.5) is 0 Å². The number of rotatable bonds is 4. The Bertz CT molecular complexity index is 237. The number of nitriles is 1. The molecule has 0 saturated carbocycles. The van der Waals surface area contributed by atoms with Crippen molar-refractivity contribution in [3.63, 3.8) is 0 Å². The summed E-state index contributed by atoms with van der Waals surface area (Å²) in [6.07, 6.45) is -0.673. The Balaban J connectivity index is 4.33. The number of hydrogen-bond acceptors (Lipinski definition) is 3.